The molecule has 2 saturated heterocycles. The van der Waals surface area contributed by atoms with Gasteiger partial charge in [-0.1, -0.05) is 20.8 Å². The Labute approximate surface area is 220 Å². The Kier molecular flexibility index (Phi) is 6.52. The molecule has 2 bridgehead atoms. The minimum Gasteiger partial charge on any atom is -0.454 e. The van der Waals surface area contributed by atoms with Gasteiger partial charge >= 0.3 is 5.97 Å². The van der Waals surface area contributed by atoms with Crippen molar-refractivity contribution in [3.63, 3.8) is 0 Å². The number of esters is 1. The van der Waals surface area contributed by atoms with Crippen LogP contribution in [0.5, 0.6) is 0 Å². The highest BCUT2D eigenvalue weighted by atomic mass is 16.8. The van der Waals surface area contributed by atoms with Crippen molar-refractivity contribution >= 4 is 11.8 Å². The largest absolute Gasteiger partial charge is 0.454 e. The highest BCUT2D eigenvalue weighted by Gasteiger charge is 2.74. The van der Waals surface area contributed by atoms with Crippen molar-refractivity contribution in [2.75, 3.05) is 13.2 Å². The summed E-state index contributed by atoms with van der Waals surface area (Å²) in [5, 5.41) is 0. The predicted molar refractivity (Wildman–Crippen MR) is 134 cm³/mol. The van der Waals surface area contributed by atoms with Crippen molar-refractivity contribution in [3.05, 3.63) is 11.1 Å². The zero-order chi connectivity index (χ0) is 27.1. The zero-order valence-corrected chi connectivity index (χ0v) is 23.8. The van der Waals surface area contributed by atoms with E-state index >= 15 is 0 Å². The molecule has 5 aliphatic rings. The van der Waals surface area contributed by atoms with Crippen LogP contribution in [0.1, 0.15) is 81.6 Å². The van der Waals surface area contributed by atoms with Crippen molar-refractivity contribution in [3.8, 4) is 0 Å². The number of allylic oxidation sites excluding steroid dienone is 1. The van der Waals surface area contributed by atoms with Gasteiger partial charge in [0.1, 0.15) is 12.2 Å². The lowest BCUT2D eigenvalue weighted by molar-refractivity contribution is -0.346. The van der Waals surface area contributed by atoms with Gasteiger partial charge in [0.15, 0.2) is 23.5 Å². The van der Waals surface area contributed by atoms with Crippen LogP contribution in [-0.2, 0) is 38.0 Å². The van der Waals surface area contributed by atoms with Gasteiger partial charge in [-0.25, -0.2) is 0 Å². The Morgan fingerprint density at radius 3 is 2.46 bits per heavy atom. The topological polar surface area (TPSA) is 89.5 Å². The van der Waals surface area contributed by atoms with Crippen LogP contribution in [0.15, 0.2) is 11.1 Å². The summed E-state index contributed by atoms with van der Waals surface area (Å²) < 4.78 is 38.4. The normalized spacial score (nSPS) is 44.5. The summed E-state index contributed by atoms with van der Waals surface area (Å²) in [5.74, 6) is -1.53. The second kappa shape index (κ2) is 8.85. The van der Waals surface area contributed by atoms with Gasteiger partial charge in [-0.2, -0.15) is 0 Å². The van der Waals surface area contributed by atoms with Crippen molar-refractivity contribution in [2.45, 2.75) is 124 Å². The Hall–Kier alpha value is -1.32. The van der Waals surface area contributed by atoms with Gasteiger partial charge in [0.2, 0.25) is 0 Å². The molecular formula is C29H44O8. The minimum absolute atomic E-state index is 0.103. The van der Waals surface area contributed by atoms with Gasteiger partial charge in [0, 0.05) is 37.2 Å². The number of carbonyl (C=O) groups is 2. The molecule has 8 nitrogen and oxygen atoms in total. The summed E-state index contributed by atoms with van der Waals surface area (Å²) in [6.45, 7) is 18.5. The van der Waals surface area contributed by atoms with E-state index in [2.05, 4.69) is 20.8 Å². The van der Waals surface area contributed by atoms with Crippen LogP contribution in [0.25, 0.3) is 0 Å². The molecule has 0 amide bonds. The smallest absolute Gasteiger partial charge is 0.303 e. The van der Waals surface area contributed by atoms with E-state index in [0.29, 0.717) is 19.6 Å². The molecule has 0 aromatic heterocycles. The molecule has 0 aromatic carbocycles. The molecule has 1 unspecified atom stereocenters. The van der Waals surface area contributed by atoms with E-state index in [0.717, 1.165) is 24.0 Å². The van der Waals surface area contributed by atoms with E-state index < -0.39 is 34.6 Å². The standard InChI is InChI=1S/C29H44O8/c1-10-32-17(4)34-22-18-13-19(31)15(2)21(26(18,5)6)23-25(37-27(7,8)36-23)28(9)12-11-20-29(14-33-20,24(22)28)35-16(3)30/h17-18,20,22-25H,10-14H2,1-9H3/t17?,18-,20+,22+,23+,24-,25-,28+,29-/m0/s1. The minimum atomic E-state index is -0.872. The van der Waals surface area contributed by atoms with Crippen LogP contribution in [0.4, 0.5) is 0 Å². The molecule has 8 heteroatoms. The number of ether oxygens (including phenoxy) is 6. The Balaban J connectivity index is 1.77. The maximum absolute atomic E-state index is 13.6. The molecule has 2 saturated carbocycles. The first-order valence-corrected chi connectivity index (χ1v) is 13.9. The van der Waals surface area contributed by atoms with Crippen LogP contribution in [-0.4, -0.2) is 67.1 Å². The summed E-state index contributed by atoms with van der Waals surface area (Å²) in [6, 6.07) is 0. The summed E-state index contributed by atoms with van der Waals surface area (Å²) in [5.41, 5.74) is -0.00638. The summed E-state index contributed by atoms with van der Waals surface area (Å²) >= 11 is 0. The molecule has 2 heterocycles. The number of rotatable bonds is 5. The third kappa shape index (κ3) is 3.96. The second-order valence-electron chi connectivity index (χ2n) is 13.0. The molecule has 5 rings (SSSR count). The Bertz CT molecular complexity index is 1000. The fraction of sp³-hybridized carbons (Fsp3) is 0.862. The lowest BCUT2D eigenvalue weighted by Gasteiger charge is -2.66. The molecule has 0 radical (unpaired) electrons. The summed E-state index contributed by atoms with van der Waals surface area (Å²) in [7, 11) is 0. The first-order chi connectivity index (χ1) is 17.2. The van der Waals surface area contributed by atoms with E-state index in [1.807, 2.05) is 34.6 Å². The third-order valence-electron chi connectivity index (χ3n) is 9.93. The number of fused-ring (bicyclic) bond motifs is 8. The lowest BCUT2D eigenvalue weighted by Crippen LogP contribution is -2.76. The fourth-order valence-corrected chi connectivity index (χ4v) is 8.44. The second-order valence-corrected chi connectivity index (χ2v) is 13.0. The van der Waals surface area contributed by atoms with Crippen LogP contribution in [0.3, 0.4) is 0 Å². The van der Waals surface area contributed by atoms with Crippen LogP contribution in [0, 0.1) is 22.7 Å². The van der Waals surface area contributed by atoms with Gasteiger partial charge in [-0.3, -0.25) is 9.59 Å². The maximum Gasteiger partial charge on any atom is 0.303 e. The summed E-state index contributed by atoms with van der Waals surface area (Å²) in [4.78, 5) is 26.1. The van der Waals surface area contributed by atoms with Crippen LogP contribution < -0.4 is 0 Å². The maximum atomic E-state index is 13.6. The highest BCUT2D eigenvalue weighted by molar-refractivity contribution is 5.97. The molecule has 208 valence electrons. The number of hydrogen-bond donors (Lipinski definition) is 0. The van der Waals surface area contributed by atoms with E-state index in [1.54, 1.807) is 0 Å². The molecule has 0 spiro atoms. The first-order valence-electron chi connectivity index (χ1n) is 13.9. The van der Waals surface area contributed by atoms with E-state index in [4.69, 9.17) is 28.4 Å². The average molecular weight is 521 g/mol. The number of ketones is 1. The van der Waals surface area contributed by atoms with Gasteiger partial charge in [-0.15, -0.1) is 0 Å². The van der Waals surface area contributed by atoms with Crippen LogP contribution >= 0.6 is 0 Å². The van der Waals surface area contributed by atoms with E-state index in [9.17, 15) is 9.59 Å². The molecule has 9 atom stereocenters. The van der Waals surface area contributed by atoms with Crippen molar-refractivity contribution in [1.29, 1.82) is 0 Å². The monoisotopic (exact) mass is 520 g/mol. The molecule has 4 fully saturated rings. The Morgan fingerprint density at radius 2 is 1.86 bits per heavy atom. The van der Waals surface area contributed by atoms with E-state index in [-0.39, 0.29) is 41.9 Å². The Morgan fingerprint density at radius 1 is 1.16 bits per heavy atom. The zero-order valence-electron chi connectivity index (χ0n) is 23.8. The van der Waals surface area contributed by atoms with Gasteiger partial charge < -0.3 is 28.4 Å². The molecule has 3 aliphatic carbocycles. The van der Waals surface area contributed by atoms with Crippen molar-refractivity contribution in [2.24, 2.45) is 22.7 Å². The SMILES string of the molecule is CCOC(C)O[C@@H]1[C@@H]2CC(=O)C(C)=C([C@H]3OC(C)(C)O[C@@H]3[C@]3(C)CC[C@H]4OC[C@@]4(OC(C)=O)[C@@H]13)C2(C)C. The van der Waals surface area contributed by atoms with E-state index in [1.165, 1.54) is 6.92 Å². The predicted octanol–water partition coefficient (Wildman–Crippen LogP) is 4.34. The molecule has 2 aliphatic heterocycles. The number of carbonyl (C=O) groups excluding carboxylic acids is 2. The molecular weight excluding hydrogens is 476 g/mol. The molecule has 0 N–H and O–H groups in total. The van der Waals surface area contributed by atoms with Gasteiger partial charge in [0.05, 0.1) is 18.8 Å². The van der Waals surface area contributed by atoms with Crippen molar-refractivity contribution < 1.29 is 38.0 Å². The molecule has 37 heavy (non-hydrogen) atoms. The average Bonchev–Trinajstić information content (AvgIpc) is 3.08. The fourth-order valence-electron chi connectivity index (χ4n) is 8.44. The van der Waals surface area contributed by atoms with Crippen molar-refractivity contribution in [1.82, 2.24) is 0 Å². The van der Waals surface area contributed by atoms with Crippen LogP contribution in [0.2, 0.25) is 0 Å². The van der Waals surface area contributed by atoms with Gasteiger partial charge in [0.25, 0.3) is 0 Å². The third-order valence-corrected chi connectivity index (χ3v) is 9.93. The summed E-state index contributed by atoms with van der Waals surface area (Å²) in [6.07, 6.45) is -0.0183. The number of Topliss-reactive ketones (excluding diaryl/α,β-unsaturated/α-hetero) is 1. The molecule has 0 aromatic rings. The highest BCUT2D eigenvalue weighted by Crippen LogP contribution is 2.65. The number of hydrogen-bond acceptors (Lipinski definition) is 8. The lowest BCUT2D eigenvalue weighted by atomic mass is 9.46. The van der Waals surface area contributed by atoms with Gasteiger partial charge in [-0.05, 0) is 64.0 Å². The quantitative estimate of drug-likeness (QED) is 0.391. The first kappa shape index (κ1) is 27.3.